The number of carbonyl (C=O) groups excluding carboxylic acids is 2. The maximum atomic E-state index is 11.5. The van der Waals surface area contributed by atoms with Crippen molar-refractivity contribution in [1.29, 1.82) is 0 Å². The van der Waals surface area contributed by atoms with Gasteiger partial charge in [0.2, 0.25) is 11.8 Å². The second-order valence-corrected chi connectivity index (χ2v) is 5.60. The summed E-state index contributed by atoms with van der Waals surface area (Å²) in [5, 5.41) is 0. The average molecular weight is 274 g/mol. The third-order valence-electron chi connectivity index (χ3n) is 4.23. The van der Waals surface area contributed by atoms with E-state index in [2.05, 4.69) is 0 Å². The lowest BCUT2D eigenvalue weighted by atomic mass is 9.84. The van der Waals surface area contributed by atoms with Gasteiger partial charge in [-0.25, -0.2) is 0 Å². The smallest absolute Gasteiger partial charge is 0.249 e. The molecule has 2 amide bonds. The number of amides is 2. The summed E-state index contributed by atoms with van der Waals surface area (Å²) in [5.41, 5.74) is 12.4. The minimum Gasteiger partial charge on any atom is -0.366 e. The minimum atomic E-state index is -0.494. The molecule has 1 aliphatic rings. The molecule has 0 heterocycles. The van der Waals surface area contributed by atoms with Gasteiger partial charge in [-0.15, -0.1) is 0 Å². The van der Waals surface area contributed by atoms with Gasteiger partial charge in [0, 0.05) is 11.1 Å². The van der Waals surface area contributed by atoms with Crippen molar-refractivity contribution < 1.29 is 9.59 Å². The minimum absolute atomic E-state index is 0.428. The largest absolute Gasteiger partial charge is 0.366 e. The van der Waals surface area contributed by atoms with Crippen molar-refractivity contribution in [2.75, 3.05) is 0 Å². The Morgan fingerprint density at radius 1 is 1.00 bits per heavy atom. The van der Waals surface area contributed by atoms with Crippen molar-refractivity contribution >= 4 is 11.8 Å². The van der Waals surface area contributed by atoms with Crippen LogP contribution < -0.4 is 11.5 Å². The van der Waals surface area contributed by atoms with Crippen molar-refractivity contribution in [2.45, 2.75) is 44.9 Å². The molecule has 1 fully saturated rings. The highest BCUT2D eigenvalue weighted by Crippen LogP contribution is 2.28. The normalized spacial score (nSPS) is 16.0. The number of benzene rings is 1. The molecule has 1 aliphatic carbocycles. The molecule has 20 heavy (non-hydrogen) atoms. The highest BCUT2D eigenvalue weighted by molar-refractivity contribution is 6.01. The average Bonchev–Trinajstić information content (AvgIpc) is 2.45. The summed E-state index contributed by atoms with van der Waals surface area (Å²) in [6.45, 7) is 0. The Kier molecular flexibility index (Phi) is 4.77. The van der Waals surface area contributed by atoms with Gasteiger partial charge in [-0.05, 0) is 36.5 Å². The first-order valence-electron chi connectivity index (χ1n) is 7.31. The van der Waals surface area contributed by atoms with Crippen LogP contribution in [0.15, 0.2) is 18.2 Å². The van der Waals surface area contributed by atoms with Crippen molar-refractivity contribution in [3.63, 3.8) is 0 Å². The van der Waals surface area contributed by atoms with Crippen LogP contribution in [0.1, 0.15) is 64.8 Å². The fourth-order valence-electron chi connectivity index (χ4n) is 3.14. The lowest BCUT2D eigenvalue weighted by molar-refractivity contribution is 0.0999. The molecule has 108 valence electrons. The number of hydrogen-bond acceptors (Lipinski definition) is 2. The second kappa shape index (κ2) is 6.55. The predicted octanol–water partition coefficient (Wildman–Crippen LogP) is 2.40. The molecule has 2 rings (SSSR count). The van der Waals surface area contributed by atoms with Crippen LogP contribution in [0.3, 0.4) is 0 Å². The molecule has 0 bridgehead atoms. The Balaban J connectivity index is 2.19. The maximum absolute atomic E-state index is 11.5. The van der Waals surface area contributed by atoms with E-state index in [-0.39, 0.29) is 0 Å². The quantitative estimate of drug-likeness (QED) is 0.863. The van der Waals surface area contributed by atoms with E-state index in [1.807, 2.05) is 0 Å². The molecule has 0 saturated heterocycles. The molecular weight excluding hydrogens is 252 g/mol. The van der Waals surface area contributed by atoms with E-state index in [0.717, 1.165) is 12.0 Å². The van der Waals surface area contributed by atoms with E-state index < -0.39 is 11.8 Å². The van der Waals surface area contributed by atoms with Gasteiger partial charge in [0.25, 0.3) is 0 Å². The molecule has 0 aliphatic heterocycles. The molecule has 1 aromatic rings. The van der Waals surface area contributed by atoms with Gasteiger partial charge in [-0.1, -0.05) is 38.2 Å². The number of rotatable bonds is 5. The first-order valence-corrected chi connectivity index (χ1v) is 7.31. The van der Waals surface area contributed by atoms with Crippen molar-refractivity contribution in [2.24, 2.45) is 17.4 Å². The molecule has 4 nitrogen and oxygen atoms in total. The molecule has 0 radical (unpaired) electrons. The maximum Gasteiger partial charge on any atom is 0.249 e. The zero-order valence-corrected chi connectivity index (χ0v) is 11.7. The van der Waals surface area contributed by atoms with Crippen LogP contribution in [0.25, 0.3) is 0 Å². The first-order chi connectivity index (χ1) is 9.59. The Labute approximate surface area is 119 Å². The Morgan fingerprint density at radius 3 is 2.05 bits per heavy atom. The Hall–Kier alpha value is -1.84. The van der Waals surface area contributed by atoms with Gasteiger partial charge in [0.15, 0.2) is 0 Å². The van der Waals surface area contributed by atoms with E-state index in [9.17, 15) is 9.59 Å². The van der Waals surface area contributed by atoms with Crippen LogP contribution >= 0.6 is 0 Å². The fourth-order valence-corrected chi connectivity index (χ4v) is 3.14. The van der Waals surface area contributed by atoms with E-state index in [1.54, 1.807) is 18.2 Å². The summed E-state index contributed by atoms with van der Waals surface area (Å²) in [4.78, 5) is 23.0. The van der Waals surface area contributed by atoms with Gasteiger partial charge in [0.1, 0.15) is 0 Å². The number of primary amides is 2. The van der Waals surface area contributed by atoms with Crippen LogP contribution in [-0.4, -0.2) is 11.8 Å². The molecule has 4 heteroatoms. The van der Waals surface area contributed by atoms with E-state index in [1.165, 1.54) is 32.1 Å². The van der Waals surface area contributed by atoms with Gasteiger partial charge in [-0.3, -0.25) is 9.59 Å². The van der Waals surface area contributed by atoms with Crippen LogP contribution in [0, 0.1) is 5.92 Å². The Bertz CT molecular complexity index is 473. The molecule has 1 aromatic carbocycles. The SMILES string of the molecule is NC(=O)c1cccc(C(N)=O)c1CCC1CCCCC1. The molecule has 0 unspecified atom stereocenters. The van der Waals surface area contributed by atoms with Crippen LogP contribution in [0.4, 0.5) is 0 Å². The van der Waals surface area contributed by atoms with Gasteiger partial charge in [0.05, 0.1) is 0 Å². The second-order valence-electron chi connectivity index (χ2n) is 5.60. The van der Waals surface area contributed by atoms with Crippen LogP contribution in [-0.2, 0) is 6.42 Å². The first kappa shape index (κ1) is 14.6. The predicted molar refractivity (Wildman–Crippen MR) is 78.4 cm³/mol. The Morgan fingerprint density at radius 2 is 1.55 bits per heavy atom. The fraction of sp³-hybridized carbons (Fsp3) is 0.500. The van der Waals surface area contributed by atoms with Crippen LogP contribution in [0.2, 0.25) is 0 Å². The summed E-state index contributed by atoms with van der Waals surface area (Å²) < 4.78 is 0. The summed E-state index contributed by atoms with van der Waals surface area (Å²) >= 11 is 0. The number of nitrogens with two attached hydrogens (primary N) is 2. The molecule has 0 aromatic heterocycles. The van der Waals surface area contributed by atoms with Crippen molar-refractivity contribution in [3.05, 3.63) is 34.9 Å². The molecule has 0 atom stereocenters. The number of hydrogen-bond donors (Lipinski definition) is 2. The van der Waals surface area contributed by atoms with E-state index in [4.69, 9.17) is 11.5 Å². The van der Waals surface area contributed by atoms with Crippen molar-refractivity contribution in [1.82, 2.24) is 0 Å². The molecule has 1 saturated carbocycles. The summed E-state index contributed by atoms with van der Waals surface area (Å²) in [7, 11) is 0. The third-order valence-corrected chi connectivity index (χ3v) is 4.23. The monoisotopic (exact) mass is 274 g/mol. The molecule has 4 N–H and O–H groups in total. The third kappa shape index (κ3) is 3.38. The standard InChI is InChI=1S/C16H22N2O2/c17-15(19)13-7-4-8-14(16(18)20)12(13)10-9-11-5-2-1-3-6-11/h4,7-8,11H,1-3,5-6,9-10H2,(H2,17,19)(H2,18,20). The van der Waals surface area contributed by atoms with Gasteiger partial charge in [-0.2, -0.15) is 0 Å². The van der Waals surface area contributed by atoms with Gasteiger partial charge < -0.3 is 11.5 Å². The summed E-state index contributed by atoms with van der Waals surface area (Å²) in [6, 6.07) is 5.00. The lowest BCUT2D eigenvalue weighted by Crippen LogP contribution is -2.20. The van der Waals surface area contributed by atoms with E-state index >= 15 is 0 Å². The number of carbonyl (C=O) groups is 2. The summed E-state index contributed by atoms with van der Waals surface area (Å²) in [5.74, 6) is -0.302. The zero-order valence-electron chi connectivity index (χ0n) is 11.7. The van der Waals surface area contributed by atoms with E-state index in [0.29, 0.717) is 23.5 Å². The zero-order chi connectivity index (χ0) is 14.5. The summed E-state index contributed by atoms with van der Waals surface area (Å²) in [6.07, 6.45) is 8.05. The van der Waals surface area contributed by atoms with Crippen molar-refractivity contribution in [3.8, 4) is 0 Å². The lowest BCUT2D eigenvalue weighted by Gasteiger charge is -2.22. The highest BCUT2D eigenvalue weighted by atomic mass is 16.1. The highest BCUT2D eigenvalue weighted by Gasteiger charge is 2.18. The van der Waals surface area contributed by atoms with Gasteiger partial charge >= 0.3 is 0 Å². The molecular formula is C16H22N2O2. The molecule has 0 spiro atoms. The topological polar surface area (TPSA) is 86.2 Å². The van der Waals surface area contributed by atoms with Crippen LogP contribution in [0.5, 0.6) is 0 Å².